The van der Waals surface area contributed by atoms with E-state index in [1.54, 1.807) is 0 Å². The Labute approximate surface area is 111 Å². The standard InChI is InChI=1S/C17H23N/c1-2-6-15(7-3-1)8-4-9-17-10-5-13-18(17)14-16-11-12-16/h1-4,6-8,16-17H,5,9-14H2/t17-/m1/s1. The maximum Gasteiger partial charge on any atom is 0.0130 e. The predicted octanol–water partition coefficient (Wildman–Crippen LogP) is 3.96. The predicted molar refractivity (Wildman–Crippen MR) is 77.4 cm³/mol. The van der Waals surface area contributed by atoms with Gasteiger partial charge in [0.2, 0.25) is 0 Å². The third-order valence-corrected chi connectivity index (χ3v) is 4.21. The van der Waals surface area contributed by atoms with Crippen LogP contribution in [0.25, 0.3) is 6.08 Å². The molecule has 1 aliphatic carbocycles. The highest BCUT2D eigenvalue weighted by atomic mass is 15.2. The molecule has 0 N–H and O–H groups in total. The van der Waals surface area contributed by atoms with E-state index in [-0.39, 0.29) is 0 Å². The molecule has 1 saturated carbocycles. The van der Waals surface area contributed by atoms with Gasteiger partial charge < -0.3 is 0 Å². The van der Waals surface area contributed by atoms with Crippen LogP contribution in [0.4, 0.5) is 0 Å². The van der Waals surface area contributed by atoms with E-state index in [2.05, 4.69) is 47.4 Å². The van der Waals surface area contributed by atoms with E-state index in [0.717, 1.165) is 12.0 Å². The van der Waals surface area contributed by atoms with Crippen LogP contribution in [0, 0.1) is 5.92 Å². The molecule has 1 aliphatic heterocycles. The molecule has 0 radical (unpaired) electrons. The van der Waals surface area contributed by atoms with Crippen molar-refractivity contribution in [3.8, 4) is 0 Å². The van der Waals surface area contributed by atoms with Crippen molar-refractivity contribution >= 4 is 6.08 Å². The highest BCUT2D eigenvalue weighted by Crippen LogP contribution is 2.33. The van der Waals surface area contributed by atoms with Gasteiger partial charge in [0.25, 0.3) is 0 Å². The smallest absolute Gasteiger partial charge is 0.0130 e. The summed E-state index contributed by atoms with van der Waals surface area (Å²) in [5, 5.41) is 0. The lowest BCUT2D eigenvalue weighted by Crippen LogP contribution is -2.30. The van der Waals surface area contributed by atoms with E-state index in [1.165, 1.54) is 50.8 Å². The van der Waals surface area contributed by atoms with Crippen molar-refractivity contribution in [1.82, 2.24) is 4.90 Å². The summed E-state index contributed by atoms with van der Waals surface area (Å²) in [5.74, 6) is 1.03. The van der Waals surface area contributed by atoms with Gasteiger partial charge >= 0.3 is 0 Å². The zero-order chi connectivity index (χ0) is 12.2. The minimum Gasteiger partial charge on any atom is -0.300 e. The minimum atomic E-state index is 0.811. The molecular formula is C17H23N. The normalized spacial score (nSPS) is 25.0. The molecule has 3 rings (SSSR count). The summed E-state index contributed by atoms with van der Waals surface area (Å²) in [6, 6.07) is 11.4. The van der Waals surface area contributed by atoms with Gasteiger partial charge in [-0.15, -0.1) is 0 Å². The summed E-state index contributed by atoms with van der Waals surface area (Å²) in [4.78, 5) is 2.73. The number of nitrogens with zero attached hydrogens (tertiary/aromatic N) is 1. The molecule has 1 atom stereocenters. The minimum absolute atomic E-state index is 0.811. The summed E-state index contributed by atoms with van der Waals surface area (Å²) < 4.78 is 0. The van der Waals surface area contributed by atoms with E-state index in [9.17, 15) is 0 Å². The summed E-state index contributed by atoms with van der Waals surface area (Å²) in [6.07, 6.45) is 11.6. The fourth-order valence-corrected chi connectivity index (χ4v) is 2.96. The summed E-state index contributed by atoms with van der Waals surface area (Å²) in [5.41, 5.74) is 1.32. The van der Waals surface area contributed by atoms with Gasteiger partial charge in [0.1, 0.15) is 0 Å². The Morgan fingerprint density at radius 2 is 1.94 bits per heavy atom. The first-order valence-corrected chi connectivity index (χ1v) is 7.37. The van der Waals surface area contributed by atoms with Crippen LogP contribution in [0.5, 0.6) is 0 Å². The quantitative estimate of drug-likeness (QED) is 0.754. The Hall–Kier alpha value is -1.08. The van der Waals surface area contributed by atoms with Gasteiger partial charge in [-0.1, -0.05) is 42.5 Å². The zero-order valence-electron chi connectivity index (χ0n) is 11.1. The van der Waals surface area contributed by atoms with Crippen LogP contribution in [0.15, 0.2) is 36.4 Å². The maximum atomic E-state index is 2.73. The Morgan fingerprint density at radius 3 is 2.72 bits per heavy atom. The van der Waals surface area contributed by atoms with E-state index >= 15 is 0 Å². The molecule has 0 unspecified atom stereocenters. The topological polar surface area (TPSA) is 3.24 Å². The average Bonchev–Trinajstić information content (AvgIpc) is 3.11. The summed E-state index contributed by atoms with van der Waals surface area (Å²) in [6.45, 7) is 2.70. The Bertz CT molecular complexity index is 391. The lowest BCUT2D eigenvalue weighted by Gasteiger charge is -2.23. The lowest BCUT2D eigenvalue weighted by molar-refractivity contribution is 0.245. The SMILES string of the molecule is C(=Cc1ccccc1)C[C@@H]1CCCN1CC1CC1. The summed E-state index contributed by atoms with van der Waals surface area (Å²) in [7, 11) is 0. The second-order valence-electron chi connectivity index (χ2n) is 5.78. The molecule has 1 heterocycles. The molecule has 18 heavy (non-hydrogen) atoms. The van der Waals surface area contributed by atoms with Gasteiger partial charge in [-0.2, -0.15) is 0 Å². The fraction of sp³-hybridized carbons (Fsp3) is 0.529. The number of hydrogen-bond acceptors (Lipinski definition) is 1. The summed E-state index contributed by atoms with van der Waals surface area (Å²) >= 11 is 0. The molecule has 2 aliphatic rings. The molecule has 0 aromatic heterocycles. The highest BCUT2D eigenvalue weighted by molar-refractivity contribution is 5.48. The Morgan fingerprint density at radius 1 is 1.11 bits per heavy atom. The number of rotatable bonds is 5. The van der Waals surface area contributed by atoms with Crippen molar-refractivity contribution in [2.45, 2.75) is 38.1 Å². The number of hydrogen-bond donors (Lipinski definition) is 0. The van der Waals surface area contributed by atoms with Crippen molar-refractivity contribution in [3.05, 3.63) is 42.0 Å². The van der Waals surface area contributed by atoms with Gasteiger partial charge in [-0.3, -0.25) is 4.90 Å². The molecule has 1 nitrogen and oxygen atoms in total. The van der Waals surface area contributed by atoms with E-state index < -0.39 is 0 Å². The van der Waals surface area contributed by atoms with Crippen LogP contribution in [0.2, 0.25) is 0 Å². The average molecular weight is 241 g/mol. The van der Waals surface area contributed by atoms with E-state index in [4.69, 9.17) is 0 Å². The Kier molecular flexibility index (Phi) is 3.80. The molecule has 1 aromatic carbocycles. The molecule has 1 heteroatoms. The maximum absolute atomic E-state index is 2.73. The Balaban J connectivity index is 1.50. The van der Waals surface area contributed by atoms with Crippen LogP contribution in [0.1, 0.15) is 37.7 Å². The third kappa shape index (κ3) is 3.23. The van der Waals surface area contributed by atoms with Crippen LogP contribution in [-0.2, 0) is 0 Å². The zero-order valence-corrected chi connectivity index (χ0v) is 11.1. The van der Waals surface area contributed by atoms with Gasteiger partial charge in [0.15, 0.2) is 0 Å². The van der Waals surface area contributed by atoms with Crippen LogP contribution >= 0.6 is 0 Å². The number of benzene rings is 1. The molecule has 2 fully saturated rings. The monoisotopic (exact) mass is 241 g/mol. The van der Waals surface area contributed by atoms with Crippen LogP contribution < -0.4 is 0 Å². The molecule has 0 amide bonds. The first-order valence-electron chi connectivity index (χ1n) is 7.37. The largest absolute Gasteiger partial charge is 0.300 e. The lowest BCUT2D eigenvalue weighted by atomic mass is 10.1. The van der Waals surface area contributed by atoms with E-state index in [0.29, 0.717) is 0 Å². The van der Waals surface area contributed by atoms with Crippen molar-refractivity contribution in [2.75, 3.05) is 13.1 Å². The second-order valence-corrected chi connectivity index (χ2v) is 5.78. The van der Waals surface area contributed by atoms with Gasteiger partial charge in [0.05, 0.1) is 0 Å². The fourth-order valence-electron chi connectivity index (χ4n) is 2.96. The van der Waals surface area contributed by atoms with E-state index in [1.807, 2.05) is 0 Å². The van der Waals surface area contributed by atoms with Crippen LogP contribution in [-0.4, -0.2) is 24.0 Å². The molecular weight excluding hydrogens is 218 g/mol. The van der Waals surface area contributed by atoms with Crippen molar-refractivity contribution in [3.63, 3.8) is 0 Å². The van der Waals surface area contributed by atoms with Gasteiger partial charge in [-0.25, -0.2) is 0 Å². The van der Waals surface area contributed by atoms with Crippen LogP contribution in [0.3, 0.4) is 0 Å². The first-order chi connectivity index (χ1) is 8.92. The third-order valence-electron chi connectivity index (χ3n) is 4.21. The number of likely N-dealkylation sites (tertiary alicyclic amines) is 1. The molecule has 1 saturated heterocycles. The van der Waals surface area contributed by atoms with Crippen molar-refractivity contribution in [2.24, 2.45) is 5.92 Å². The van der Waals surface area contributed by atoms with Gasteiger partial charge in [0, 0.05) is 12.6 Å². The second kappa shape index (κ2) is 5.71. The molecule has 0 bridgehead atoms. The first kappa shape index (κ1) is 12.0. The highest BCUT2D eigenvalue weighted by Gasteiger charge is 2.30. The van der Waals surface area contributed by atoms with Gasteiger partial charge in [-0.05, 0) is 50.1 Å². The van der Waals surface area contributed by atoms with Crippen molar-refractivity contribution < 1.29 is 0 Å². The molecule has 96 valence electrons. The van der Waals surface area contributed by atoms with Crippen molar-refractivity contribution in [1.29, 1.82) is 0 Å². The molecule has 0 spiro atoms. The molecule has 1 aromatic rings.